The van der Waals surface area contributed by atoms with E-state index in [0.29, 0.717) is 12.5 Å². The molecule has 1 fully saturated rings. The van der Waals surface area contributed by atoms with Crippen molar-refractivity contribution in [2.45, 2.75) is 18.8 Å². The van der Waals surface area contributed by atoms with E-state index in [-0.39, 0.29) is 0 Å². The Hall–Kier alpha value is -0.320. The number of nitrogens with two attached hydrogens (primary N) is 1. The molecule has 1 atom stereocenters. The van der Waals surface area contributed by atoms with Crippen molar-refractivity contribution >= 4 is 15.9 Å². The molecule has 1 aliphatic rings. The van der Waals surface area contributed by atoms with Crippen LogP contribution in [0.25, 0.3) is 0 Å². The number of rotatable bonds is 3. The van der Waals surface area contributed by atoms with Gasteiger partial charge in [0, 0.05) is 18.9 Å². The fourth-order valence-corrected chi connectivity index (χ4v) is 2.78. The smallest absolute Gasteiger partial charge is 0.122 e. The predicted molar refractivity (Wildman–Crippen MR) is 64.0 cm³/mol. The quantitative estimate of drug-likeness (QED) is 0.915. The third-order valence-electron chi connectivity index (χ3n) is 2.92. The maximum Gasteiger partial charge on any atom is 0.122 e. The largest absolute Gasteiger partial charge is 0.464 e. The molecule has 3 nitrogen and oxygen atoms in total. The third kappa shape index (κ3) is 2.44. The molecule has 0 radical (unpaired) electrons. The van der Waals surface area contributed by atoms with Crippen molar-refractivity contribution in [3.8, 4) is 0 Å². The summed E-state index contributed by atoms with van der Waals surface area (Å²) in [5.41, 5.74) is 5.51. The normalized spacial score (nSPS) is 22.5. The van der Waals surface area contributed by atoms with Crippen LogP contribution in [0.5, 0.6) is 0 Å². The van der Waals surface area contributed by atoms with Crippen molar-refractivity contribution in [1.82, 2.24) is 4.90 Å². The molecule has 0 aromatic carbocycles. The Morgan fingerprint density at radius 1 is 1.67 bits per heavy atom. The molecule has 2 rings (SSSR count). The first-order valence-electron chi connectivity index (χ1n) is 5.37. The molecule has 2 N–H and O–H groups in total. The Bertz CT molecular complexity index is 337. The summed E-state index contributed by atoms with van der Waals surface area (Å²) in [5, 5.41) is 0. The second kappa shape index (κ2) is 4.68. The highest BCUT2D eigenvalue weighted by atomic mass is 79.9. The average Bonchev–Trinajstić information content (AvgIpc) is 2.73. The van der Waals surface area contributed by atoms with Crippen LogP contribution in [0, 0.1) is 0 Å². The lowest BCUT2D eigenvalue weighted by molar-refractivity contribution is 0.389. The molecule has 1 saturated heterocycles. The molecule has 0 saturated carbocycles. The third-order valence-corrected chi connectivity index (χ3v) is 3.54. The summed E-state index contributed by atoms with van der Waals surface area (Å²) >= 11 is 3.56. The van der Waals surface area contributed by atoms with Crippen LogP contribution < -0.4 is 5.73 Å². The lowest BCUT2D eigenvalue weighted by atomic mass is 10.1. The van der Waals surface area contributed by atoms with Crippen LogP contribution in [0.15, 0.2) is 15.0 Å². The van der Waals surface area contributed by atoms with Gasteiger partial charge in [-0.15, -0.1) is 0 Å². The number of furan rings is 1. The minimum atomic E-state index is 0.538. The van der Waals surface area contributed by atoms with Crippen LogP contribution in [0.4, 0.5) is 0 Å². The molecular formula is C11H17BrN2O. The molecule has 1 aliphatic heterocycles. The van der Waals surface area contributed by atoms with Gasteiger partial charge < -0.3 is 15.1 Å². The minimum absolute atomic E-state index is 0.538. The molecule has 0 bridgehead atoms. The lowest BCUT2D eigenvalue weighted by Crippen LogP contribution is -2.13. The molecule has 84 valence electrons. The number of hydrogen-bond donors (Lipinski definition) is 1. The number of hydrogen-bond acceptors (Lipinski definition) is 3. The van der Waals surface area contributed by atoms with E-state index < -0.39 is 0 Å². The van der Waals surface area contributed by atoms with Crippen LogP contribution in [0.1, 0.15) is 23.9 Å². The average molecular weight is 273 g/mol. The van der Waals surface area contributed by atoms with Crippen LogP contribution in [0.2, 0.25) is 0 Å². The summed E-state index contributed by atoms with van der Waals surface area (Å²) in [4.78, 5) is 2.34. The molecule has 4 heteroatoms. The SMILES string of the molecule is CN1CCC(c2oc(CCN)cc2Br)C1. The van der Waals surface area contributed by atoms with Crippen LogP contribution >= 0.6 is 15.9 Å². The summed E-state index contributed by atoms with van der Waals surface area (Å²) in [6, 6.07) is 2.06. The summed E-state index contributed by atoms with van der Waals surface area (Å²) in [5.74, 6) is 2.63. The van der Waals surface area contributed by atoms with E-state index in [4.69, 9.17) is 10.2 Å². The van der Waals surface area contributed by atoms with Gasteiger partial charge in [-0.3, -0.25) is 0 Å². The fourth-order valence-electron chi connectivity index (χ4n) is 2.12. The van der Waals surface area contributed by atoms with Gasteiger partial charge in [0.2, 0.25) is 0 Å². The molecule has 1 unspecified atom stereocenters. The number of halogens is 1. The zero-order valence-electron chi connectivity index (χ0n) is 9.00. The van der Waals surface area contributed by atoms with Crippen molar-refractivity contribution < 1.29 is 4.42 Å². The summed E-state index contributed by atoms with van der Waals surface area (Å²) in [6.45, 7) is 2.89. The first-order chi connectivity index (χ1) is 7.20. The maximum absolute atomic E-state index is 5.83. The van der Waals surface area contributed by atoms with Gasteiger partial charge in [-0.25, -0.2) is 0 Å². The fraction of sp³-hybridized carbons (Fsp3) is 0.636. The van der Waals surface area contributed by atoms with E-state index in [1.807, 2.05) is 0 Å². The topological polar surface area (TPSA) is 42.4 Å². The number of nitrogens with zero attached hydrogens (tertiary/aromatic N) is 1. The summed E-state index contributed by atoms with van der Waals surface area (Å²) in [6.07, 6.45) is 2.01. The Kier molecular flexibility index (Phi) is 3.49. The van der Waals surface area contributed by atoms with Gasteiger partial charge >= 0.3 is 0 Å². The predicted octanol–water partition coefficient (Wildman–Crippen LogP) is 1.96. The first-order valence-corrected chi connectivity index (χ1v) is 6.16. The maximum atomic E-state index is 5.83. The Morgan fingerprint density at radius 2 is 2.47 bits per heavy atom. The molecule has 15 heavy (non-hydrogen) atoms. The summed E-state index contributed by atoms with van der Waals surface area (Å²) in [7, 11) is 2.15. The number of likely N-dealkylation sites (N-methyl/N-ethyl adjacent to an activating group) is 1. The zero-order valence-corrected chi connectivity index (χ0v) is 10.6. The van der Waals surface area contributed by atoms with Gasteiger partial charge in [-0.2, -0.15) is 0 Å². The van der Waals surface area contributed by atoms with Crippen molar-refractivity contribution in [1.29, 1.82) is 0 Å². The molecule has 1 aromatic heterocycles. The lowest BCUT2D eigenvalue weighted by Gasteiger charge is -2.08. The molecule has 0 spiro atoms. The van der Waals surface area contributed by atoms with Crippen molar-refractivity contribution in [2.75, 3.05) is 26.7 Å². The Labute approximate surface area is 98.7 Å². The van der Waals surface area contributed by atoms with E-state index in [1.54, 1.807) is 0 Å². The van der Waals surface area contributed by atoms with Crippen molar-refractivity contribution in [3.05, 3.63) is 22.1 Å². The van der Waals surface area contributed by atoms with E-state index in [2.05, 4.69) is 33.9 Å². The minimum Gasteiger partial charge on any atom is -0.464 e. The first kappa shape index (κ1) is 11.2. The van der Waals surface area contributed by atoms with Gasteiger partial charge in [-0.1, -0.05) is 0 Å². The van der Waals surface area contributed by atoms with E-state index in [0.717, 1.165) is 35.5 Å². The highest BCUT2D eigenvalue weighted by Gasteiger charge is 2.26. The van der Waals surface area contributed by atoms with Crippen LogP contribution in [0.3, 0.4) is 0 Å². The van der Waals surface area contributed by atoms with E-state index >= 15 is 0 Å². The molecular weight excluding hydrogens is 256 g/mol. The molecule has 1 aromatic rings. The highest BCUT2D eigenvalue weighted by molar-refractivity contribution is 9.10. The van der Waals surface area contributed by atoms with E-state index in [1.165, 1.54) is 6.42 Å². The zero-order chi connectivity index (χ0) is 10.8. The molecule has 0 aliphatic carbocycles. The Morgan fingerprint density at radius 3 is 3.07 bits per heavy atom. The molecule has 2 heterocycles. The Balaban J connectivity index is 2.13. The monoisotopic (exact) mass is 272 g/mol. The van der Waals surface area contributed by atoms with Gasteiger partial charge in [0.25, 0.3) is 0 Å². The van der Waals surface area contributed by atoms with Gasteiger partial charge in [0.15, 0.2) is 0 Å². The van der Waals surface area contributed by atoms with E-state index in [9.17, 15) is 0 Å². The van der Waals surface area contributed by atoms with Crippen LogP contribution in [-0.4, -0.2) is 31.6 Å². The number of likely N-dealkylation sites (tertiary alicyclic amines) is 1. The second-order valence-electron chi connectivity index (χ2n) is 4.21. The van der Waals surface area contributed by atoms with Crippen molar-refractivity contribution in [2.24, 2.45) is 5.73 Å². The van der Waals surface area contributed by atoms with Crippen molar-refractivity contribution in [3.63, 3.8) is 0 Å². The van der Waals surface area contributed by atoms with Gasteiger partial charge in [-0.05, 0) is 48.6 Å². The van der Waals surface area contributed by atoms with Crippen LogP contribution in [-0.2, 0) is 6.42 Å². The highest BCUT2D eigenvalue weighted by Crippen LogP contribution is 2.34. The van der Waals surface area contributed by atoms with Gasteiger partial charge in [0.05, 0.1) is 4.47 Å². The van der Waals surface area contributed by atoms with Gasteiger partial charge in [0.1, 0.15) is 11.5 Å². The standard InChI is InChI=1S/C11H17BrN2O/c1-14-5-3-8(7-14)11-10(12)6-9(15-11)2-4-13/h6,8H,2-5,7,13H2,1H3. The summed E-state index contributed by atoms with van der Waals surface area (Å²) < 4.78 is 6.94. The molecule has 0 amide bonds. The second-order valence-corrected chi connectivity index (χ2v) is 5.07.